The molecule has 0 aliphatic carbocycles. The molecule has 0 spiro atoms. The number of nitrogens with zero attached hydrogens (tertiary/aromatic N) is 2. The lowest BCUT2D eigenvalue weighted by atomic mass is 10.0. The van der Waals surface area contributed by atoms with Gasteiger partial charge in [0.05, 0.1) is 19.9 Å². The molecule has 0 aliphatic heterocycles. The monoisotopic (exact) mass is 297 g/mol. The van der Waals surface area contributed by atoms with Crippen LogP contribution < -0.4 is 14.8 Å². The summed E-state index contributed by atoms with van der Waals surface area (Å²) >= 11 is 0. The number of rotatable bonds is 6. The average molecular weight is 297 g/mol. The second kappa shape index (κ2) is 6.87. The Labute approximate surface area is 122 Å². The van der Waals surface area contributed by atoms with Crippen LogP contribution in [0, 0.1) is 12.8 Å². The van der Waals surface area contributed by atoms with Gasteiger partial charge in [-0.3, -0.25) is 4.79 Å². The van der Waals surface area contributed by atoms with Crippen LogP contribution in [0.25, 0.3) is 0 Å². The van der Waals surface area contributed by atoms with E-state index in [0.717, 1.165) is 0 Å². The Balaban J connectivity index is 3.15. The van der Waals surface area contributed by atoms with Crippen LogP contribution in [0.1, 0.15) is 29.9 Å². The van der Waals surface area contributed by atoms with Gasteiger partial charge in [0.25, 0.3) is 5.91 Å². The van der Waals surface area contributed by atoms with Crippen molar-refractivity contribution in [2.45, 2.75) is 26.8 Å². The molecule has 0 unspecified atom stereocenters. The number of carboxylic acid groups (broad SMARTS) is 1. The maximum absolute atomic E-state index is 12.3. The number of hydrogen-bond acceptors (Lipinski definition) is 6. The van der Waals surface area contributed by atoms with Crippen LogP contribution in [0.4, 0.5) is 0 Å². The number of methoxy groups -OCH3 is 2. The first-order valence-corrected chi connectivity index (χ1v) is 6.32. The van der Waals surface area contributed by atoms with Gasteiger partial charge in [0.15, 0.2) is 0 Å². The fourth-order valence-corrected chi connectivity index (χ4v) is 1.75. The van der Waals surface area contributed by atoms with E-state index in [1.165, 1.54) is 14.2 Å². The van der Waals surface area contributed by atoms with Crippen LogP contribution in [-0.4, -0.2) is 47.2 Å². The Morgan fingerprint density at radius 3 is 2.24 bits per heavy atom. The highest BCUT2D eigenvalue weighted by Crippen LogP contribution is 2.21. The zero-order chi connectivity index (χ0) is 16.2. The fraction of sp³-hybridized carbons (Fsp3) is 0.538. The standard InChI is InChI=1S/C13H19N3O5/c1-6(2)9(12(18)19)15-10(17)8-7(3)14-13(21-5)16-11(8)20-4/h6,9H,1-5H3,(H,15,17)(H,18,19)/t9-/m0/s1. The Bertz CT molecular complexity index is 545. The van der Waals surface area contributed by atoms with Crippen molar-refractivity contribution in [2.75, 3.05) is 14.2 Å². The van der Waals surface area contributed by atoms with Gasteiger partial charge < -0.3 is 19.9 Å². The van der Waals surface area contributed by atoms with E-state index in [1.54, 1.807) is 20.8 Å². The molecular weight excluding hydrogens is 278 g/mol. The van der Waals surface area contributed by atoms with Gasteiger partial charge in [0.2, 0.25) is 5.88 Å². The van der Waals surface area contributed by atoms with Crippen molar-refractivity contribution in [1.82, 2.24) is 15.3 Å². The van der Waals surface area contributed by atoms with Crippen molar-refractivity contribution in [3.05, 3.63) is 11.3 Å². The first-order chi connectivity index (χ1) is 9.81. The predicted molar refractivity (Wildman–Crippen MR) is 73.6 cm³/mol. The van der Waals surface area contributed by atoms with Gasteiger partial charge in [-0.2, -0.15) is 9.97 Å². The molecule has 0 aliphatic rings. The number of aromatic nitrogens is 2. The largest absolute Gasteiger partial charge is 0.480 e. The van der Waals surface area contributed by atoms with Gasteiger partial charge in [0, 0.05) is 0 Å². The average Bonchev–Trinajstić information content (AvgIpc) is 2.42. The molecule has 0 bridgehead atoms. The molecule has 0 aromatic carbocycles. The maximum atomic E-state index is 12.3. The molecule has 1 aromatic heterocycles. The quantitative estimate of drug-likeness (QED) is 0.792. The molecule has 21 heavy (non-hydrogen) atoms. The smallest absolute Gasteiger partial charge is 0.326 e. The summed E-state index contributed by atoms with van der Waals surface area (Å²) in [6.07, 6.45) is 0. The Hall–Kier alpha value is -2.38. The van der Waals surface area contributed by atoms with Crippen molar-refractivity contribution >= 4 is 11.9 Å². The summed E-state index contributed by atoms with van der Waals surface area (Å²) in [5.41, 5.74) is 0.425. The highest BCUT2D eigenvalue weighted by atomic mass is 16.5. The highest BCUT2D eigenvalue weighted by Gasteiger charge is 2.27. The van der Waals surface area contributed by atoms with Crippen LogP contribution in [0.2, 0.25) is 0 Å². The number of carbonyl (C=O) groups is 2. The van der Waals surface area contributed by atoms with E-state index in [2.05, 4.69) is 15.3 Å². The minimum Gasteiger partial charge on any atom is -0.480 e. The summed E-state index contributed by atoms with van der Waals surface area (Å²) in [5.74, 6) is -1.95. The molecule has 0 saturated heterocycles. The van der Waals surface area contributed by atoms with Crippen molar-refractivity contribution < 1.29 is 24.2 Å². The molecule has 1 rings (SSSR count). The van der Waals surface area contributed by atoms with E-state index in [1.807, 2.05) is 0 Å². The SMILES string of the molecule is COc1nc(C)c(C(=O)N[C@H](C(=O)O)C(C)C)c(OC)n1. The molecule has 0 saturated carbocycles. The number of ether oxygens (including phenoxy) is 2. The summed E-state index contributed by atoms with van der Waals surface area (Å²) in [4.78, 5) is 31.4. The van der Waals surface area contributed by atoms with E-state index in [4.69, 9.17) is 14.6 Å². The van der Waals surface area contributed by atoms with Gasteiger partial charge in [0.1, 0.15) is 11.6 Å². The Morgan fingerprint density at radius 1 is 1.19 bits per heavy atom. The number of hydrogen-bond donors (Lipinski definition) is 2. The van der Waals surface area contributed by atoms with Crippen LogP contribution in [-0.2, 0) is 4.79 Å². The number of aliphatic carboxylic acids is 1. The molecule has 2 N–H and O–H groups in total. The third-order valence-electron chi connectivity index (χ3n) is 2.86. The van der Waals surface area contributed by atoms with Gasteiger partial charge in [-0.25, -0.2) is 4.79 Å². The molecule has 0 radical (unpaired) electrons. The molecule has 1 heterocycles. The predicted octanol–water partition coefficient (Wildman–Crippen LogP) is 0.641. The number of nitrogens with one attached hydrogen (secondary N) is 1. The zero-order valence-corrected chi connectivity index (χ0v) is 12.6. The topological polar surface area (TPSA) is 111 Å². The zero-order valence-electron chi connectivity index (χ0n) is 12.6. The van der Waals surface area contributed by atoms with Crippen LogP contribution in [0.3, 0.4) is 0 Å². The molecule has 1 amide bonds. The third-order valence-corrected chi connectivity index (χ3v) is 2.86. The lowest BCUT2D eigenvalue weighted by Gasteiger charge is -2.19. The van der Waals surface area contributed by atoms with Crippen LogP contribution in [0.15, 0.2) is 0 Å². The normalized spacial score (nSPS) is 11.9. The van der Waals surface area contributed by atoms with Crippen molar-refractivity contribution in [3.8, 4) is 11.9 Å². The first kappa shape index (κ1) is 16.7. The van der Waals surface area contributed by atoms with Crippen LogP contribution >= 0.6 is 0 Å². The second-order valence-corrected chi connectivity index (χ2v) is 4.71. The lowest BCUT2D eigenvalue weighted by Crippen LogP contribution is -2.44. The molecule has 8 heteroatoms. The van der Waals surface area contributed by atoms with E-state index in [9.17, 15) is 9.59 Å². The molecule has 8 nitrogen and oxygen atoms in total. The van der Waals surface area contributed by atoms with Crippen LogP contribution in [0.5, 0.6) is 11.9 Å². The number of amides is 1. The Kier molecular flexibility index (Phi) is 5.45. The highest BCUT2D eigenvalue weighted by molar-refractivity contribution is 5.99. The lowest BCUT2D eigenvalue weighted by molar-refractivity contribution is -0.140. The van der Waals surface area contributed by atoms with Gasteiger partial charge >= 0.3 is 12.0 Å². The minimum atomic E-state index is -1.11. The summed E-state index contributed by atoms with van der Waals surface area (Å²) in [6, 6.07) is -0.941. The molecule has 116 valence electrons. The number of aryl methyl sites for hydroxylation is 1. The van der Waals surface area contributed by atoms with Crippen molar-refractivity contribution in [1.29, 1.82) is 0 Å². The fourth-order valence-electron chi connectivity index (χ4n) is 1.75. The Morgan fingerprint density at radius 2 is 1.81 bits per heavy atom. The van der Waals surface area contributed by atoms with Crippen molar-refractivity contribution in [2.24, 2.45) is 5.92 Å². The van der Waals surface area contributed by atoms with Gasteiger partial charge in [-0.1, -0.05) is 13.8 Å². The van der Waals surface area contributed by atoms with E-state index < -0.39 is 17.9 Å². The molecule has 1 aromatic rings. The van der Waals surface area contributed by atoms with Gasteiger partial charge in [-0.05, 0) is 12.8 Å². The molecule has 0 fully saturated rings. The second-order valence-electron chi connectivity index (χ2n) is 4.71. The first-order valence-electron chi connectivity index (χ1n) is 6.32. The maximum Gasteiger partial charge on any atom is 0.326 e. The summed E-state index contributed by atoms with van der Waals surface area (Å²) in [5, 5.41) is 11.6. The summed E-state index contributed by atoms with van der Waals surface area (Å²) in [6.45, 7) is 4.99. The van der Waals surface area contributed by atoms with E-state index in [-0.39, 0.29) is 23.4 Å². The van der Waals surface area contributed by atoms with Gasteiger partial charge in [-0.15, -0.1) is 0 Å². The van der Waals surface area contributed by atoms with E-state index in [0.29, 0.717) is 5.69 Å². The van der Waals surface area contributed by atoms with Crippen molar-refractivity contribution in [3.63, 3.8) is 0 Å². The number of carboxylic acids is 1. The molecular formula is C13H19N3O5. The summed E-state index contributed by atoms with van der Waals surface area (Å²) in [7, 11) is 2.75. The molecule has 1 atom stereocenters. The van der Waals surface area contributed by atoms with E-state index >= 15 is 0 Å². The minimum absolute atomic E-state index is 0.0322. The third kappa shape index (κ3) is 3.80. The summed E-state index contributed by atoms with van der Waals surface area (Å²) < 4.78 is 9.95. The number of carbonyl (C=O) groups excluding carboxylic acids is 1.